The molecule has 1 fully saturated rings. The second kappa shape index (κ2) is 4.82. The van der Waals surface area contributed by atoms with Gasteiger partial charge in [0.05, 0.1) is 17.5 Å². The molecule has 17 heavy (non-hydrogen) atoms. The van der Waals surface area contributed by atoms with Gasteiger partial charge in [-0.25, -0.2) is 8.42 Å². The van der Waals surface area contributed by atoms with Crippen LogP contribution in [-0.4, -0.2) is 26.0 Å². The average molecular weight is 257 g/mol. The molecule has 0 aromatic carbocycles. The molecule has 4 nitrogen and oxygen atoms in total. The smallest absolute Gasteiger partial charge is 0.150 e. The maximum atomic E-state index is 11.3. The first-order valence-corrected chi connectivity index (χ1v) is 7.81. The van der Waals surface area contributed by atoms with Crippen molar-refractivity contribution in [3.05, 3.63) is 23.7 Å². The van der Waals surface area contributed by atoms with Crippen molar-refractivity contribution in [3.63, 3.8) is 0 Å². The Morgan fingerprint density at radius 2 is 2.00 bits per heavy atom. The van der Waals surface area contributed by atoms with Gasteiger partial charge in [0.25, 0.3) is 0 Å². The Morgan fingerprint density at radius 1 is 1.35 bits per heavy atom. The van der Waals surface area contributed by atoms with E-state index in [-0.39, 0.29) is 12.1 Å². The van der Waals surface area contributed by atoms with E-state index in [9.17, 15) is 8.42 Å². The molecule has 1 N–H and O–H groups in total. The maximum Gasteiger partial charge on any atom is 0.150 e. The highest BCUT2D eigenvalue weighted by Crippen LogP contribution is 2.19. The first-order valence-electron chi connectivity index (χ1n) is 5.99. The molecule has 1 aromatic rings. The Morgan fingerprint density at radius 3 is 2.53 bits per heavy atom. The van der Waals surface area contributed by atoms with E-state index < -0.39 is 9.84 Å². The van der Waals surface area contributed by atoms with Crippen molar-refractivity contribution in [1.82, 2.24) is 5.32 Å². The molecule has 0 spiro atoms. The standard InChI is InChI=1S/C12H19NO3S/c1-9-3-4-12(16-9)10(2)13-11-5-7-17(14,15)8-6-11/h3-4,10-11,13H,5-8H2,1-2H3. The molecule has 0 saturated carbocycles. The van der Waals surface area contributed by atoms with E-state index in [0.29, 0.717) is 24.3 Å². The Bertz CT molecular complexity index is 464. The summed E-state index contributed by atoms with van der Waals surface area (Å²) in [6.07, 6.45) is 1.40. The number of hydrogen-bond acceptors (Lipinski definition) is 4. The third kappa shape index (κ3) is 3.33. The molecule has 2 heterocycles. The summed E-state index contributed by atoms with van der Waals surface area (Å²) in [6, 6.07) is 4.32. The molecule has 2 rings (SSSR count). The second-order valence-corrected chi connectivity index (χ2v) is 7.07. The van der Waals surface area contributed by atoms with Crippen LogP contribution in [0.15, 0.2) is 16.5 Å². The zero-order valence-corrected chi connectivity index (χ0v) is 11.1. The normalized spacial score (nSPS) is 22.5. The lowest BCUT2D eigenvalue weighted by Gasteiger charge is -2.25. The predicted octanol–water partition coefficient (Wildman–Crippen LogP) is 1.82. The van der Waals surface area contributed by atoms with Gasteiger partial charge in [-0.3, -0.25) is 0 Å². The van der Waals surface area contributed by atoms with Crippen LogP contribution >= 0.6 is 0 Å². The van der Waals surface area contributed by atoms with Crippen molar-refractivity contribution in [2.24, 2.45) is 0 Å². The molecule has 0 aliphatic carbocycles. The van der Waals surface area contributed by atoms with Crippen molar-refractivity contribution < 1.29 is 12.8 Å². The molecule has 5 heteroatoms. The summed E-state index contributed by atoms with van der Waals surface area (Å²) in [5.74, 6) is 2.42. The monoisotopic (exact) mass is 257 g/mol. The molecule has 1 aromatic heterocycles. The summed E-state index contributed by atoms with van der Waals surface area (Å²) in [5, 5.41) is 3.43. The fourth-order valence-electron chi connectivity index (χ4n) is 2.18. The number of nitrogens with one attached hydrogen (secondary N) is 1. The number of rotatable bonds is 3. The van der Waals surface area contributed by atoms with Gasteiger partial charge in [0.15, 0.2) is 0 Å². The van der Waals surface area contributed by atoms with Crippen LogP contribution in [0.3, 0.4) is 0 Å². The van der Waals surface area contributed by atoms with Crippen LogP contribution in [0.5, 0.6) is 0 Å². The third-order valence-electron chi connectivity index (χ3n) is 3.23. The first kappa shape index (κ1) is 12.6. The largest absolute Gasteiger partial charge is 0.465 e. The Labute approximate surface area is 102 Å². The van der Waals surface area contributed by atoms with Crippen molar-refractivity contribution in [2.75, 3.05) is 11.5 Å². The topological polar surface area (TPSA) is 59.3 Å². The Hall–Kier alpha value is -0.810. The van der Waals surface area contributed by atoms with Crippen LogP contribution in [0.4, 0.5) is 0 Å². The van der Waals surface area contributed by atoms with E-state index in [0.717, 1.165) is 11.5 Å². The molecule has 0 radical (unpaired) electrons. The summed E-state index contributed by atoms with van der Waals surface area (Å²) >= 11 is 0. The van der Waals surface area contributed by atoms with Crippen molar-refractivity contribution in [1.29, 1.82) is 0 Å². The minimum Gasteiger partial charge on any atom is -0.465 e. The highest BCUT2D eigenvalue weighted by atomic mass is 32.2. The van der Waals surface area contributed by atoms with E-state index in [1.807, 2.05) is 26.0 Å². The van der Waals surface area contributed by atoms with Gasteiger partial charge in [-0.2, -0.15) is 0 Å². The third-order valence-corrected chi connectivity index (χ3v) is 4.94. The molecular weight excluding hydrogens is 238 g/mol. The van der Waals surface area contributed by atoms with Crippen molar-refractivity contribution >= 4 is 9.84 Å². The predicted molar refractivity (Wildman–Crippen MR) is 66.7 cm³/mol. The fraction of sp³-hybridized carbons (Fsp3) is 0.667. The summed E-state index contributed by atoms with van der Waals surface area (Å²) in [6.45, 7) is 3.96. The van der Waals surface area contributed by atoms with Gasteiger partial charge in [-0.1, -0.05) is 0 Å². The molecule has 0 bridgehead atoms. The van der Waals surface area contributed by atoms with Crippen LogP contribution in [0.2, 0.25) is 0 Å². The molecule has 1 aliphatic rings. The van der Waals surface area contributed by atoms with Crippen LogP contribution in [-0.2, 0) is 9.84 Å². The number of aryl methyl sites for hydroxylation is 1. The zero-order chi connectivity index (χ0) is 12.5. The van der Waals surface area contributed by atoms with Crippen LogP contribution in [0.1, 0.15) is 37.3 Å². The molecule has 1 saturated heterocycles. The Balaban J connectivity index is 1.90. The van der Waals surface area contributed by atoms with Gasteiger partial charge < -0.3 is 9.73 Å². The van der Waals surface area contributed by atoms with Gasteiger partial charge in [0.2, 0.25) is 0 Å². The highest BCUT2D eigenvalue weighted by Gasteiger charge is 2.25. The molecular formula is C12H19NO3S. The van der Waals surface area contributed by atoms with Crippen molar-refractivity contribution in [2.45, 2.75) is 38.8 Å². The molecule has 1 atom stereocenters. The average Bonchev–Trinajstić information content (AvgIpc) is 2.68. The lowest BCUT2D eigenvalue weighted by molar-refractivity contribution is 0.364. The molecule has 1 aliphatic heterocycles. The molecule has 1 unspecified atom stereocenters. The van der Waals surface area contributed by atoms with Gasteiger partial charge in [0.1, 0.15) is 21.4 Å². The summed E-state index contributed by atoms with van der Waals surface area (Å²) < 4.78 is 28.2. The van der Waals surface area contributed by atoms with Gasteiger partial charge in [-0.15, -0.1) is 0 Å². The number of hydrogen-bond donors (Lipinski definition) is 1. The Kier molecular flexibility index (Phi) is 3.58. The van der Waals surface area contributed by atoms with Crippen LogP contribution in [0, 0.1) is 6.92 Å². The zero-order valence-electron chi connectivity index (χ0n) is 10.3. The van der Waals surface area contributed by atoms with Crippen LogP contribution < -0.4 is 5.32 Å². The highest BCUT2D eigenvalue weighted by molar-refractivity contribution is 7.91. The maximum absolute atomic E-state index is 11.3. The van der Waals surface area contributed by atoms with Crippen LogP contribution in [0.25, 0.3) is 0 Å². The minimum absolute atomic E-state index is 0.134. The summed E-state index contributed by atoms with van der Waals surface area (Å²) in [5.41, 5.74) is 0. The molecule has 96 valence electrons. The van der Waals surface area contributed by atoms with Gasteiger partial charge in [-0.05, 0) is 38.8 Å². The summed E-state index contributed by atoms with van der Waals surface area (Å²) in [7, 11) is -2.78. The fourth-order valence-corrected chi connectivity index (χ4v) is 3.67. The SMILES string of the molecule is Cc1ccc(C(C)NC2CCS(=O)(=O)CC2)o1. The van der Waals surface area contributed by atoms with E-state index >= 15 is 0 Å². The van der Waals surface area contributed by atoms with Gasteiger partial charge in [0, 0.05) is 6.04 Å². The second-order valence-electron chi connectivity index (χ2n) is 4.76. The first-order chi connectivity index (χ1) is 7.96. The number of sulfone groups is 1. The minimum atomic E-state index is -2.78. The molecule has 0 amide bonds. The van der Waals surface area contributed by atoms with E-state index in [1.54, 1.807) is 0 Å². The van der Waals surface area contributed by atoms with E-state index in [4.69, 9.17) is 4.42 Å². The lowest BCUT2D eigenvalue weighted by atomic mass is 10.1. The summed E-state index contributed by atoms with van der Waals surface area (Å²) in [4.78, 5) is 0. The van der Waals surface area contributed by atoms with Gasteiger partial charge >= 0.3 is 0 Å². The quantitative estimate of drug-likeness (QED) is 0.897. The van der Waals surface area contributed by atoms with E-state index in [2.05, 4.69) is 5.32 Å². The van der Waals surface area contributed by atoms with Crippen molar-refractivity contribution in [3.8, 4) is 0 Å². The lowest BCUT2D eigenvalue weighted by Crippen LogP contribution is -2.38. The van der Waals surface area contributed by atoms with E-state index in [1.165, 1.54) is 0 Å². The number of furan rings is 1.